The first kappa shape index (κ1) is 17.9. The Morgan fingerprint density at radius 2 is 1.93 bits per heavy atom. The normalized spacial score (nSPS) is 28.7. The fourth-order valence-electron chi connectivity index (χ4n) is 5.03. The van der Waals surface area contributed by atoms with E-state index in [0.29, 0.717) is 19.5 Å². The molecule has 3 fully saturated rings. The molecule has 3 saturated heterocycles. The highest BCUT2D eigenvalue weighted by Gasteiger charge is 2.46. The molecule has 0 spiro atoms. The van der Waals surface area contributed by atoms with Gasteiger partial charge in [-0.15, -0.1) is 0 Å². The van der Waals surface area contributed by atoms with Crippen molar-refractivity contribution in [2.45, 2.75) is 37.8 Å². The summed E-state index contributed by atoms with van der Waals surface area (Å²) in [7, 11) is 0. The zero-order chi connectivity index (χ0) is 19.1. The van der Waals surface area contributed by atoms with Gasteiger partial charge in [0, 0.05) is 51.7 Å². The smallest absolute Gasteiger partial charge is 0.320 e. The molecule has 3 aliphatic heterocycles. The molecule has 2 aromatic rings. The number of amides is 2. The minimum Gasteiger partial charge on any atom is -0.389 e. The second-order valence-electron chi connectivity index (χ2n) is 8.51. The molecule has 8 heteroatoms. The molecule has 0 bridgehead atoms. The molecule has 0 aliphatic carbocycles. The monoisotopic (exact) mass is 385 g/mol. The first-order valence-electron chi connectivity index (χ1n) is 10.3. The Hall–Kier alpha value is -2.19. The van der Waals surface area contributed by atoms with Crippen molar-refractivity contribution in [2.24, 2.45) is 5.92 Å². The molecule has 1 N–H and O–H groups in total. The molecule has 2 atom stereocenters. The summed E-state index contributed by atoms with van der Waals surface area (Å²) >= 11 is 0. The van der Waals surface area contributed by atoms with E-state index in [-0.39, 0.29) is 11.9 Å². The molecule has 0 unspecified atom stereocenters. The highest BCUT2D eigenvalue weighted by Crippen LogP contribution is 2.36. The number of piperidine rings is 2. The van der Waals surface area contributed by atoms with Crippen LogP contribution in [-0.2, 0) is 6.54 Å². The fourth-order valence-corrected chi connectivity index (χ4v) is 5.03. The molecular formula is C20H27N5O3. The van der Waals surface area contributed by atoms with E-state index in [1.807, 2.05) is 21.9 Å². The molecule has 1 aromatic heterocycles. The van der Waals surface area contributed by atoms with Crippen LogP contribution in [0.4, 0.5) is 4.79 Å². The Kier molecular flexibility index (Phi) is 4.47. The van der Waals surface area contributed by atoms with Gasteiger partial charge in [-0.2, -0.15) is 0 Å². The van der Waals surface area contributed by atoms with Crippen molar-refractivity contribution >= 4 is 17.1 Å². The number of fused-ring (bicyclic) bond motifs is 2. The standard InChI is InChI=1S/C20H27N5O3/c26-19(24-8-1-2-9-24)25-11-7-20(27)6-10-23(13-16(20)14-25)12-15-4-3-5-17-18(15)22-28-21-17/h3-5,16,27H,1-2,6-14H2/t16-,20-/m1/s1. The van der Waals surface area contributed by atoms with Crippen molar-refractivity contribution in [2.75, 3.05) is 39.3 Å². The van der Waals surface area contributed by atoms with Crippen molar-refractivity contribution in [1.82, 2.24) is 25.0 Å². The largest absolute Gasteiger partial charge is 0.389 e. The van der Waals surface area contributed by atoms with E-state index in [2.05, 4.69) is 21.3 Å². The number of benzene rings is 1. The summed E-state index contributed by atoms with van der Waals surface area (Å²) in [5.41, 5.74) is 2.01. The topological polar surface area (TPSA) is 85.9 Å². The average molecular weight is 385 g/mol. The van der Waals surface area contributed by atoms with Crippen LogP contribution in [0.5, 0.6) is 0 Å². The van der Waals surface area contributed by atoms with Gasteiger partial charge in [0.05, 0.1) is 5.60 Å². The molecule has 8 nitrogen and oxygen atoms in total. The fraction of sp³-hybridized carbons (Fsp3) is 0.650. The average Bonchev–Trinajstić information content (AvgIpc) is 3.39. The van der Waals surface area contributed by atoms with Gasteiger partial charge in [-0.3, -0.25) is 4.90 Å². The lowest BCUT2D eigenvalue weighted by Crippen LogP contribution is -2.61. The number of carbonyl (C=O) groups is 1. The van der Waals surface area contributed by atoms with Gasteiger partial charge in [0.25, 0.3) is 0 Å². The Labute approximate surface area is 164 Å². The lowest BCUT2D eigenvalue weighted by atomic mass is 9.75. The SMILES string of the molecule is O=C(N1CCCC1)N1CC[C@]2(O)CCN(Cc3cccc4nonc34)C[C@@H]2C1. The highest BCUT2D eigenvalue weighted by atomic mass is 16.6. The van der Waals surface area contributed by atoms with Crippen LogP contribution >= 0.6 is 0 Å². The summed E-state index contributed by atoms with van der Waals surface area (Å²) in [6.45, 7) is 5.40. The third-order valence-corrected chi connectivity index (χ3v) is 6.77. The molecule has 4 heterocycles. The minimum atomic E-state index is -0.653. The van der Waals surface area contributed by atoms with Crippen molar-refractivity contribution in [3.63, 3.8) is 0 Å². The van der Waals surface area contributed by atoms with Gasteiger partial charge in [0.2, 0.25) is 0 Å². The Bertz CT molecular complexity index is 864. The quantitative estimate of drug-likeness (QED) is 0.847. The van der Waals surface area contributed by atoms with E-state index in [9.17, 15) is 9.90 Å². The zero-order valence-electron chi connectivity index (χ0n) is 16.1. The molecule has 28 heavy (non-hydrogen) atoms. The lowest BCUT2D eigenvalue weighted by Gasteiger charge is -2.50. The first-order valence-corrected chi connectivity index (χ1v) is 10.3. The first-order chi connectivity index (χ1) is 13.6. The number of hydrogen-bond donors (Lipinski definition) is 1. The molecule has 2 amide bonds. The molecule has 0 saturated carbocycles. The highest BCUT2D eigenvalue weighted by molar-refractivity contribution is 5.76. The van der Waals surface area contributed by atoms with E-state index in [0.717, 1.165) is 68.6 Å². The predicted molar refractivity (Wildman–Crippen MR) is 103 cm³/mol. The summed E-state index contributed by atoms with van der Waals surface area (Å²) in [5.74, 6) is 0.0798. The van der Waals surface area contributed by atoms with Gasteiger partial charge < -0.3 is 14.9 Å². The van der Waals surface area contributed by atoms with E-state index >= 15 is 0 Å². The second kappa shape index (κ2) is 7.00. The van der Waals surface area contributed by atoms with Crippen LogP contribution in [0.2, 0.25) is 0 Å². The molecule has 3 aliphatic rings. The van der Waals surface area contributed by atoms with Crippen LogP contribution in [0.1, 0.15) is 31.2 Å². The molecule has 5 rings (SSSR count). The Morgan fingerprint density at radius 1 is 1.11 bits per heavy atom. The maximum atomic E-state index is 12.8. The number of nitrogens with zero attached hydrogens (tertiary/aromatic N) is 5. The Morgan fingerprint density at radius 3 is 2.79 bits per heavy atom. The second-order valence-corrected chi connectivity index (χ2v) is 8.51. The van der Waals surface area contributed by atoms with Gasteiger partial charge in [0.1, 0.15) is 11.0 Å². The van der Waals surface area contributed by atoms with E-state index in [1.165, 1.54) is 0 Å². The van der Waals surface area contributed by atoms with Gasteiger partial charge in [-0.05, 0) is 47.6 Å². The van der Waals surface area contributed by atoms with E-state index < -0.39 is 5.60 Å². The summed E-state index contributed by atoms with van der Waals surface area (Å²) in [5, 5.41) is 19.1. The summed E-state index contributed by atoms with van der Waals surface area (Å²) in [6.07, 6.45) is 3.62. The lowest BCUT2D eigenvalue weighted by molar-refractivity contribution is -0.108. The van der Waals surface area contributed by atoms with E-state index in [4.69, 9.17) is 4.63 Å². The van der Waals surface area contributed by atoms with Crippen LogP contribution in [0.15, 0.2) is 22.8 Å². The zero-order valence-corrected chi connectivity index (χ0v) is 16.1. The number of aliphatic hydroxyl groups is 1. The number of rotatable bonds is 2. The Balaban J connectivity index is 1.28. The number of hydrogen-bond acceptors (Lipinski definition) is 6. The summed E-state index contributed by atoms with van der Waals surface area (Å²) in [6, 6.07) is 6.07. The number of carbonyl (C=O) groups excluding carboxylic acids is 1. The maximum Gasteiger partial charge on any atom is 0.320 e. The summed E-state index contributed by atoms with van der Waals surface area (Å²) < 4.78 is 4.88. The van der Waals surface area contributed by atoms with Crippen LogP contribution < -0.4 is 0 Å². The predicted octanol–water partition coefficient (Wildman–Crippen LogP) is 1.70. The maximum absolute atomic E-state index is 12.8. The third kappa shape index (κ3) is 3.14. The van der Waals surface area contributed by atoms with Gasteiger partial charge >= 0.3 is 6.03 Å². The van der Waals surface area contributed by atoms with Gasteiger partial charge in [-0.1, -0.05) is 12.1 Å². The summed E-state index contributed by atoms with van der Waals surface area (Å²) in [4.78, 5) is 19.1. The minimum absolute atomic E-state index is 0.0798. The van der Waals surface area contributed by atoms with Crippen molar-refractivity contribution < 1.29 is 14.5 Å². The van der Waals surface area contributed by atoms with Crippen molar-refractivity contribution in [3.8, 4) is 0 Å². The van der Waals surface area contributed by atoms with Crippen LogP contribution in [0, 0.1) is 5.92 Å². The van der Waals surface area contributed by atoms with Crippen LogP contribution in [-0.4, -0.2) is 81.0 Å². The van der Waals surface area contributed by atoms with Crippen LogP contribution in [0.25, 0.3) is 11.0 Å². The molecular weight excluding hydrogens is 358 g/mol. The third-order valence-electron chi connectivity index (χ3n) is 6.77. The van der Waals surface area contributed by atoms with Gasteiger partial charge in [0.15, 0.2) is 0 Å². The number of urea groups is 1. The van der Waals surface area contributed by atoms with Crippen LogP contribution in [0.3, 0.4) is 0 Å². The van der Waals surface area contributed by atoms with E-state index in [1.54, 1.807) is 0 Å². The molecule has 0 radical (unpaired) electrons. The molecule has 150 valence electrons. The van der Waals surface area contributed by atoms with Crippen molar-refractivity contribution in [1.29, 1.82) is 0 Å². The number of likely N-dealkylation sites (tertiary alicyclic amines) is 3. The molecule has 1 aromatic carbocycles. The van der Waals surface area contributed by atoms with Crippen molar-refractivity contribution in [3.05, 3.63) is 23.8 Å². The van der Waals surface area contributed by atoms with Gasteiger partial charge in [-0.25, -0.2) is 9.42 Å². The number of aromatic nitrogens is 2.